The molecule has 0 spiro atoms. The molecule has 1 saturated heterocycles. The molecule has 2 aliphatic carbocycles. The van der Waals surface area contributed by atoms with Crippen LogP contribution in [0.15, 0.2) is 0 Å². The molecule has 1 aliphatic heterocycles. The topological polar surface area (TPSA) is 43.4 Å². The van der Waals surface area contributed by atoms with Gasteiger partial charge in [-0.25, -0.2) is 0 Å². The maximum Gasteiger partial charge on any atom is 0.270 e. The molecule has 2 bridgehead atoms. The van der Waals surface area contributed by atoms with E-state index in [1.807, 2.05) is 0 Å². The lowest BCUT2D eigenvalue weighted by atomic mass is 9.86. The van der Waals surface area contributed by atoms with Gasteiger partial charge in [-0.05, 0) is 24.7 Å². The predicted molar refractivity (Wildman–Crippen MR) is 43.0 cm³/mol. The lowest BCUT2D eigenvalue weighted by Gasteiger charge is -2.21. The lowest BCUT2D eigenvalue weighted by Crippen LogP contribution is -2.24. The van der Waals surface area contributed by atoms with Gasteiger partial charge in [0, 0.05) is 5.92 Å². The van der Waals surface area contributed by atoms with Gasteiger partial charge in [0.25, 0.3) is 10.1 Å². The third-order valence-electron chi connectivity index (χ3n) is 3.70. The largest absolute Gasteiger partial charge is 0.270 e. The Bertz CT molecular complexity index is 330. The Morgan fingerprint density at radius 2 is 2.08 bits per heavy atom. The van der Waals surface area contributed by atoms with Crippen LogP contribution in [0.1, 0.15) is 26.2 Å². The van der Waals surface area contributed by atoms with E-state index in [2.05, 4.69) is 6.92 Å². The standard InChI is InChI=1S/C8H12O3S/c1-8-2-5-6(3-8)11-12(9,10)7(5)4-8/h5-7H,2-4H2,1H3. The van der Waals surface area contributed by atoms with Crippen LogP contribution in [0.4, 0.5) is 0 Å². The average Bonchev–Trinajstić information content (AvgIpc) is 2.40. The summed E-state index contributed by atoms with van der Waals surface area (Å²) in [7, 11) is -3.17. The van der Waals surface area contributed by atoms with Gasteiger partial charge in [0.05, 0.1) is 11.4 Å². The first-order valence-corrected chi connectivity index (χ1v) is 5.89. The molecule has 4 heteroatoms. The number of hydrogen-bond donors (Lipinski definition) is 0. The van der Waals surface area contributed by atoms with Crippen LogP contribution in [-0.2, 0) is 14.3 Å². The highest BCUT2D eigenvalue weighted by atomic mass is 32.2. The van der Waals surface area contributed by atoms with Crippen LogP contribution in [0.3, 0.4) is 0 Å². The molecule has 3 aliphatic rings. The van der Waals surface area contributed by atoms with Crippen molar-refractivity contribution in [2.24, 2.45) is 11.3 Å². The van der Waals surface area contributed by atoms with Gasteiger partial charge in [-0.1, -0.05) is 6.92 Å². The van der Waals surface area contributed by atoms with E-state index in [1.165, 1.54) is 0 Å². The third-order valence-corrected chi connectivity index (χ3v) is 5.47. The molecule has 2 saturated carbocycles. The summed E-state index contributed by atoms with van der Waals surface area (Å²) in [6, 6.07) is 0. The van der Waals surface area contributed by atoms with E-state index in [0.717, 1.165) is 19.3 Å². The zero-order valence-corrected chi connectivity index (χ0v) is 7.80. The Morgan fingerprint density at radius 3 is 2.58 bits per heavy atom. The van der Waals surface area contributed by atoms with E-state index in [9.17, 15) is 8.42 Å². The average molecular weight is 188 g/mol. The molecular weight excluding hydrogens is 176 g/mol. The summed E-state index contributed by atoms with van der Waals surface area (Å²) >= 11 is 0. The van der Waals surface area contributed by atoms with Crippen LogP contribution in [-0.4, -0.2) is 19.8 Å². The van der Waals surface area contributed by atoms with Crippen molar-refractivity contribution in [3.05, 3.63) is 0 Å². The quantitative estimate of drug-likeness (QED) is 0.530. The molecule has 4 unspecified atom stereocenters. The SMILES string of the molecule is CC12CC3OS(=O)(=O)C(C1)C3C2. The van der Waals surface area contributed by atoms with Crippen molar-refractivity contribution in [3.63, 3.8) is 0 Å². The minimum atomic E-state index is -3.17. The van der Waals surface area contributed by atoms with Crippen molar-refractivity contribution in [1.29, 1.82) is 0 Å². The summed E-state index contributed by atoms with van der Waals surface area (Å²) in [6.07, 6.45) is 2.87. The summed E-state index contributed by atoms with van der Waals surface area (Å²) in [5, 5.41) is -0.166. The minimum Gasteiger partial charge on any atom is -0.266 e. The smallest absolute Gasteiger partial charge is 0.266 e. The molecule has 12 heavy (non-hydrogen) atoms. The van der Waals surface area contributed by atoms with Gasteiger partial charge in [-0.3, -0.25) is 4.18 Å². The van der Waals surface area contributed by atoms with Crippen molar-refractivity contribution in [3.8, 4) is 0 Å². The van der Waals surface area contributed by atoms with Gasteiger partial charge in [0.15, 0.2) is 0 Å². The second kappa shape index (κ2) is 1.73. The summed E-state index contributed by atoms with van der Waals surface area (Å²) in [6.45, 7) is 2.18. The van der Waals surface area contributed by atoms with Gasteiger partial charge < -0.3 is 0 Å². The zero-order chi connectivity index (χ0) is 8.56. The van der Waals surface area contributed by atoms with Crippen molar-refractivity contribution in [2.75, 3.05) is 0 Å². The number of hydrogen-bond acceptors (Lipinski definition) is 3. The molecule has 0 N–H and O–H groups in total. The maximum absolute atomic E-state index is 11.4. The van der Waals surface area contributed by atoms with Gasteiger partial charge in [0.2, 0.25) is 0 Å². The summed E-state index contributed by atoms with van der Waals surface area (Å²) < 4.78 is 27.9. The molecular formula is C8H12O3S. The van der Waals surface area contributed by atoms with Crippen LogP contribution in [0, 0.1) is 11.3 Å². The Morgan fingerprint density at radius 1 is 1.33 bits per heavy atom. The molecule has 0 amide bonds. The number of fused-ring (bicyclic) bond motifs is 1. The van der Waals surface area contributed by atoms with Crippen LogP contribution in [0.5, 0.6) is 0 Å². The molecule has 0 aromatic rings. The van der Waals surface area contributed by atoms with Gasteiger partial charge in [-0.15, -0.1) is 0 Å². The second-order valence-electron chi connectivity index (χ2n) is 4.75. The predicted octanol–water partition coefficient (Wildman–Crippen LogP) is 0.904. The molecule has 4 atom stereocenters. The summed E-state index contributed by atoms with van der Waals surface area (Å²) in [4.78, 5) is 0. The Labute approximate surface area is 72.2 Å². The lowest BCUT2D eigenvalue weighted by molar-refractivity contribution is 0.177. The van der Waals surface area contributed by atoms with E-state index < -0.39 is 10.1 Å². The van der Waals surface area contributed by atoms with Crippen LogP contribution in [0.2, 0.25) is 0 Å². The van der Waals surface area contributed by atoms with Crippen LogP contribution >= 0.6 is 0 Å². The first-order valence-electron chi connectivity index (χ1n) is 4.42. The molecule has 1 heterocycles. The van der Waals surface area contributed by atoms with Crippen molar-refractivity contribution in [1.82, 2.24) is 0 Å². The van der Waals surface area contributed by atoms with Crippen molar-refractivity contribution in [2.45, 2.75) is 37.5 Å². The molecule has 0 radical (unpaired) electrons. The highest BCUT2D eigenvalue weighted by Crippen LogP contribution is 2.60. The third kappa shape index (κ3) is 0.684. The van der Waals surface area contributed by atoms with Crippen molar-refractivity contribution >= 4 is 10.1 Å². The van der Waals surface area contributed by atoms with Gasteiger partial charge in [-0.2, -0.15) is 8.42 Å². The fourth-order valence-electron chi connectivity index (χ4n) is 3.26. The van der Waals surface area contributed by atoms with E-state index in [0.29, 0.717) is 5.92 Å². The fraction of sp³-hybridized carbons (Fsp3) is 1.00. The Hall–Kier alpha value is -0.0900. The van der Waals surface area contributed by atoms with Crippen LogP contribution in [0.25, 0.3) is 0 Å². The van der Waals surface area contributed by atoms with E-state index in [4.69, 9.17) is 4.18 Å². The highest BCUT2D eigenvalue weighted by molar-refractivity contribution is 7.87. The molecule has 0 aromatic heterocycles. The molecule has 68 valence electrons. The van der Waals surface area contributed by atoms with Crippen LogP contribution < -0.4 is 0 Å². The maximum atomic E-state index is 11.4. The second-order valence-corrected chi connectivity index (χ2v) is 6.54. The zero-order valence-electron chi connectivity index (χ0n) is 6.99. The van der Waals surface area contributed by atoms with E-state index >= 15 is 0 Å². The van der Waals surface area contributed by atoms with Gasteiger partial charge in [0.1, 0.15) is 0 Å². The minimum absolute atomic E-state index is 0.0266. The summed E-state index contributed by atoms with van der Waals surface area (Å²) in [5.74, 6) is 0.319. The first-order chi connectivity index (χ1) is 5.50. The molecule has 3 nitrogen and oxygen atoms in total. The summed E-state index contributed by atoms with van der Waals surface area (Å²) in [5.41, 5.74) is 0.267. The molecule has 0 aromatic carbocycles. The fourth-order valence-corrected chi connectivity index (χ4v) is 5.26. The molecule has 3 rings (SSSR count). The van der Waals surface area contributed by atoms with Gasteiger partial charge >= 0.3 is 0 Å². The normalized spacial score (nSPS) is 59.6. The first kappa shape index (κ1) is 7.33. The Kier molecular flexibility index (Phi) is 1.05. The van der Waals surface area contributed by atoms with E-state index in [-0.39, 0.29) is 16.8 Å². The molecule has 3 fully saturated rings. The number of rotatable bonds is 0. The van der Waals surface area contributed by atoms with Crippen molar-refractivity contribution < 1.29 is 12.6 Å². The highest BCUT2D eigenvalue weighted by Gasteiger charge is 2.63. The monoisotopic (exact) mass is 188 g/mol. The Balaban J connectivity index is 2.13. The van der Waals surface area contributed by atoms with E-state index in [1.54, 1.807) is 0 Å².